The van der Waals surface area contributed by atoms with E-state index in [1.54, 1.807) is 36.8 Å². The molecule has 0 spiro atoms. The lowest BCUT2D eigenvalue weighted by Gasteiger charge is -2.34. The number of carbonyl (C=O) groups excluding carboxylic acids is 1. The second-order valence-electron chi connectivity index (χ2n) is 8.25. The molecule has 162 valence electrons. The highest BCUT2D eigenvalue weighted by Gasteiger charge is 2.34. The minimum Gasteiger partial charge on any atom is -0.348 e. The Kier molecular flexibility index (Phi) is 4.37. The van der Waals surface area contributed by atoms with Crippen molar-refractivity contribution in [2.75, 3.05) is 11.4 Å². The molecule has 9 nitrogen and oxygen atoms in total. The van der Waals surface area contributed by atoms with Crippen molar-refractivity contribution in [3.8, 4) is 0 Å². The van der Waals surface area contributed by atoms with Crippen LogP contribution in [0.1, 0.15) is 52.9 Å². The Labute approximate surface area is 182 Å². The van der Waals surface area contributed by atoms with Gasteiger partial charge in [0.15, 0.2) is 11.5 Å². The molecule has 0 saturated heterocycles. The molecule has 1 amide bonds. The molecule has 10 heteroatoms. The maximum Gasteiger partial charge on any atom is 0.272 e. The Bertz CT molecular complexity index is 1290. The summed E-state index contributed by atoms with van der Waals surface area (Å²) < 4.78 is 15.8. The zero-order valence-corrected chi connectivity index (χ0v) is 17.2. The van der Waals surface area contributed by atoms with Crippen molar-refractivity contribution in [2.24, 2.45) is 0 Å². The van der Waals surface area contributed by atoms with Crippen LogP contribution < -0.4 is 10.2 Å². The van der Waals surface area contributed by atoms with Crippen LogP contribution in [-0.2, 0) is 6.42 Å². The zero-order valence-electron chi connectivity index (χ0n) is 17.2. The van der Waals surface area contributed by atoms with E-state index in [4.69, 9.17) is 0 Å². The molecule has 0 unspecified atom stereocenters. The number of hydrogen-bond acceptors (Lipinski definition) is 6. The first kappa shape index (κ1) is 18.9. The summed E-state index contributed by atoms with van der Waals surface area (Å²) in [7, 11) is 0. The number of aromatic nitrogens is 6. The van der Waals surface area contributed by atoms with E-state index in [0.29, 0.717) is 29.3 Å². The van der Waals surface area contributed by atoms with Crippen LogP contribution >= 0.6 is 0 Å². The molecule has 5 heterocycles. The quantitative estimate of drug-likeness (QED) is 0.513. The predicted molar refractivity (Wildman–Crippen MR) is 114 cm³/mol. The largest absolute Gasteiger partial charge is 0.348 e. The van der Waals surface area contributed by atoms with Gasteiger partial charge in [-0.3, -0.25) is 4.79 Å². The number of aromatic amines is 1. The molecule has 2 N–H and O–H groups in total. The van der Waals surface area contributed by atoms with Gasteiger partial charge >= 0.3 is 0 Å². The van der Waals surface area contributed by atoms with Crippen molar-refractivity contribution in [1.29, 1.82) is 0 Å². The lowest BCUT2D eigenvalue weighted by molar-refractivity contribution is 0.0911. The molecule has 2 aliphatic rings. The van der Waals surface area contributed by atoms with Crippen molar-refractivity contribution in [2.45, 2.75) is 37.8 Å². The molecule has 1 aliphatic carbocycles. The molecule has 1 fully saturated rings. The summed E-state index contributed by atoms with van der Waals surface area (Å²) in [6, 6.07) is 8.15. The van der Waals surface area contributed by atoms with Crippen LogP contribution in [0.25, 0.3) is 5.52 Å². The van der Waals surface area contributed by atoms with Gasteiger partial charge in [-0.2, -0.15) is 5.10 Å². The van der Waals surface area contributed by atoms with Gasteiger partial charge in [0.1, 0.15) is 17.4 Å². The molecular formula is C22H21FN8O. The van der Waals surface area contributed by atoms with Gasteiger partial charge in [0.25, 0.3) is 5.91 Å². The summed E-state index contributed by atoms with van der Waals surface area (Å²) in [5.74, 6) is 0.0770. The molecule has 32 heavy (non-hydrogen) atoms. The van der Waals surface area contributed by atoms with Crippen LogP contribution in [0.5, 0.6) is 0 Å². The number of hydrogen-bond donors (Lipinski definition) is 2. The molecule has 4 aromatic rings. The number of carbonyl (C=O) groups is 1. The van der Waals surface area contributed by atoms with E-state index in [-0.39, 0.29) is 23.8 Å². The Balaban J connectivity index is 1.35. The van der Waals surface area contributed by atoms with Gasteiger partial charge in [-0.1, -0.05) is 0 Å². The van der Waals surface area contributed by atoms with Gasteiger partial charge in [-0.15, -0.1) is 10.2 Å². The summed E-state index contributed by atoms with van der Waals surface area (Å²) in [4.78, 5) is 22.2. The minimum absolute atomic E-state index is 0.200. The van der Waals surface area contributed by atoms with E-state index >= 15 is 0 Å². The summed E-state index contributed by atoms with van der Waals surface area (Å²) in [6.45, 7) is 0.651. The van der Waals surface area contributed by atoms with E-state index in [9.17, 15) is 9.18 Å². The Hall–Kier alpha value is -3.82. The third kappa shape index (κ3) is 3.10. The average molecular weight is 432 g/mol. The second-order valence-corrected chi connectivity index (χ2v) is 8.25. The minimum atomic E-state index is -0.353. The van der Waals surface area contributed by atoms with Crippen LogP contribution in [0.3, 0.4) is 0 Å². The number of imidazole rings is 1. The van der Waals surface area contributed by atoms with Gasteiger partial charge in [-0.25, -0.2) is 13.9 Å². The first-order valence-corrected chi connectivity index (χ1v) is 10.7. The maximum absolute atomic E-state index is 14.3. The number of anilines is 1. The van der Waals surface area contributed by atoms with Gasteiger partial charge in [0.2, 0.25) is 0 Å². The lowest BCUT2D eigenvalue weighted by atomic mass is 9.93. The second kappa shape index (κ2) is 7.40. The highest BCUT2D eigenvalue weighted by molar-refractivity contribution is 5.92. The molecule has 6 rings (SSSR count). The Morgan fingerprint density at radius 2 is 2.12 bits per heavy atom. The SMILES string of the molecule is O=C(NC1CCC1)c1ccc(N2CCc3[nH]cnc3[C@@H]2c2cc3c(F)cccn3n2)nn1. The molecule has 0 radical (unpaired) electrons. The van der Waals surface area contributed by atoms with E-state index < -0.39 is 0 Å². The maximum atomic E-state index is 14.3. The van der Waals surface area contributed by atoms with Crippen LogP contribution in [0.4, 0.5) is 10.2 Å². The third-order valence-electron chi connectivity index (χ3n) is 6.29. The van der Waals surface area contributed by atoms with Crippen molar-refractivity contribution in [3.05, 3.63) is 71.4 Å². The van der Waals surface area contributed by atoms with Crippen molar-refractivity contribution in [1.82, 2.24) is 35.1 Å². The van der Waals surface area contributed by atoms with E-state index in [1.165, 1.54) is 10.6 Å². The van der Waals surface area contributed by atoms with Gasteiger partial charge < -0.3 is 15.2 Å². The topological polar surface area (TPSA) is 104 Å². The van der Waals surface area contributed by atoms with Crippen molar-refractivity contribution in [3.63, 3.8) is 0 Å². The highest BCUT2D eigenvalue weighted by Crippen LogP contribution is 2.36. The first-order valence-electron chi connectivity index (χ1n) is 10.7. The normalized spacial score (nSPS) is 18.4. The number of nitrogens with one attached hydrogen (secondary N) is 2. The van der Waals surface area contributed by atoms with Crippen LogP contribution in [-0.4, -0.2) is 48.3 Å². The molecule has 1 aliphatic heterocycles. The molecule has 4 aromatic heterocycles. The first-order chi connectivity index (χ1) is 15.7. The Morgan fingerprint density at radius 3 is 2.88 bits per heavy atom. The number of halogens is 1. The summed E-state index contributed by atoms with van der Waals surface area (Å²) in [6.07, 6.45) is 7.30. The van der Waals surface area contributed by atoms with Gasteiger partial charge in [0.05, 0.1) is 17.7 Å². The fourth-order valence-electron chi connectivity index (χ4n) is 4.37. The standard InChI is InChI=1S/C22H21FN8O/c23-14-5-2-9-31-18(14)11-17(29-31)21-20-15(24-12-25-20)8-10-30(21)19-7-6-16(27-28-19)22(32)26-13-3-1-4-13/h2,5-7,9,11-13,21H,1,3-4,8,10H2,(H,24,25)(H,26,32)/t21-/m0/s1. The fraction of sp³-hybridized carbons (Fsp3) is 0.318. The molecular weight excluding hydrogens is 411 g/mol. The van der Waals surface area contributed by atoms with Crippen LogP contribution in [0.15, 0.2) is 42.9 Å². The van der Waals surface area contributed by atoms with Gasteiger partial charge in [-0.05, 0) is 49.6 Å². The molecule has 0 bridgehead atoms. The van der Waals surface area contributed by atoms with Gasteiger partial charge in [0, 0.05) is 30.9 Å². The zero-order chi connectivity index (χ0) is 21.7. The monoisotopic (exact) mass is 432 g/mol. The lowest BCUT2D eigenvalue weighted by Crippen LogP contribution is -2.40. The molecule has 0 aromatic carbocycles. The summed E-state index contributed by atoms with van der Waals surface area (Å²) in [5.41, 5.74) is 3.21. The van der Waals surface area contributed by atoms with E-state index in [1.807, 2.05) is 4.90 Å². The highest BCUT2D eigenvalue weighted by atomic mass is 19.1. The number of rotatable bonds is 4. The number of fused-ring (bicyclic) bond motifs is 2. The fourth-order valence-corrected chi connectivity index (χ4v) is 4.37. The number of nitrogens with zero attached hydrogens (tertiary/aromatic N) is 6. The number of H-pyrrole nitrogens is 1. The number of amides is 1. The summed E-state index contributed by atoms with van der Waals surface area (Å²) in [5, 5.41) is 16.1. The van der Waals surface area contributed by atoms with Crippen molar-refractivity contribution >= 4 is 17.2 Å². The third-order valence-corrected chi connectivity index (χ3v) is 6.29. The average Bonchev–Trinajstić information content (AvgIpc) is 3.43. The van der Waals surface area contributed by atoms with E-state index in [0.717, 1.165) is 37.1 Å². The van der Waals surface area contributed by atoms with Crippen LogP contribution in [0, 0.1) is 5.82 Å². The summed E-state index contributed by atoms with van der Waals surface area (Å²) >= 11 is 0. The molecule has 1 atom stereocenters. The molecule has 1 saturated carbocycles. The predicted octanol–water partition coefficient (Wildman–Crippen LogP) is 2.42. The number of pyridine rings is 1. The smallest absolute Gasteiger partial charge is 0.272 e. The Morgan fingerprint density at radius 1 is 1.22 bits per heavy atom. The van der Waals surface area contributed by atoms with Crippen LogP contribution in [0.2, 0.25) is 0 Å². The van der Waals surface area contributed by atoms with E-state index in [2.05, 4.69) is 30.6 Å². The van der Waals surface area contributed by atoms with Crippen molar-refractivity contribution < 1.29 is 9.18 Å².